The van der Waals surface area contributed by atoms with Crippen molar-refractivity contribution in [2.24, 2.45) is 0 Å². The molecule has 3 aromatic rings. The standard InChI is InChI=1S/C21H24N4O/c1-17-22-11-14-25(17)19-9-5-13-24(16-19)21(26)20-10-6-12-23(20)15-18-7-3-2-4-8-18/h2-4,6-8,10-12,14,19H,5,9,13,15-16H2,1H3. The van der Waals surface area contributed by atoms with Crippen LogP contribution in [0.2, 0.25) is 0 Å². The number of hydrogen-bond acceptors (Lipinski definition) is 2. The van der Waals surface area contributed by atoms with E-state index in [2.05, 4.69) is 21.7 Å². The zero-order valence-electron chi connectivity index (χ0n) is 15.1. The maximum absolute atomic E-state index is 13.2. The molecule has 4 rings (SSSR count). The number of imidazole rings is 1. The predicted molar refractivity (Wildman–Crippen MR) is 101 cm³/mol. The third-order valence-corrected chi connectivity index (χ3v) is 5.18. The van der Waals surface area contributed by atoms with Crippen molar-refractivity contribution < 1.29 is 4.79 Å². The summed E-state index contributed by atoms with van der Waals surface area (Å²) >= 11 is 0. The minimum absolute atomic E-state index is 0.119. The van der Waals surface area contributed by atoms with Crippen molar-refractivity contribution >= 4 is 5.91 Å². The first-order valence-electron chi connectivity index (χ1n) is 9.20. The number of hydrogen-bond donors (Lipinski definition) is 0. The second-order valence-corrected chi connectivity index (χ2v) is 6.94. The number of aryl methyl sites for hydroxylation is 1. The Balaban J connectivity index is 1.51. The lowest BCUT2D eigenvalue weighted by atomic mass is 10.0. The lowest BCUT2D eigenvalue weighted by molar-refractivity contribution is 0.0668. The lowest BCUT2D eigenvalue weighted by Gasteiger charge is -2.34. The van der Waals surface area contributed by atoms with Crippen molar-refractivity contribution in [2.75, 3.05) is 13.1 Å². The Morgan fingerprint density at radius 3 is 2.77 bits per heavy atom. The summed E-state index contributed by atoms with van der Waals surface area (Å²) in [6, 6.07) is 14.4. The van der Waals surface area contributed by atoms with Gasteiger partial charge in [-0.15, -0.1) is 0 Å². The molecule has 1 atom stereocenters. The molecule has 134 valence electrons. The summed E-state index contributed by atoms with van der Waals surface area (Å²) in [4.78, 5) is 19.5. The first kappa shape index (κ1) is 16.6. The molecule has 0 bridgehead atoms. The van der Waals surface area contributed by atoms with Crippen molar-refractivity contribution in [1.82, 2.24) is 19.0 Å². The summed E-state index contributed by atoms with van der Waals surface area (Å²) in [5.74, 6) is 1.13. The number of carbonyl (C=O) groups excluding carboxylic acids is 1. The fourth-order valence-corrected chi connectivity index (χ4v) is 3.83. The molecule has 1 amide bonds. The molecule has 0 radical (unpaired) electrons. The van der Waals surface area contributed by atoms with E-state index in [1.165, 1.54) is 5.56 Å². The highest BCUT2D eigenvalue weighted by molar-refractivity contribution is 5.92. The van der Waals surface area contributed by atoms with Crippen LogP contribution in [0.3, 0.4) is 0 Å². The smallest absolute Gasteiger partial charge is 0.270 e. The van der Waals surface area contributed by atoms with Crippen LogP contribution < -0.4 is 0 Å². The number of rotatable bonds is 4. The van der Waals surface area contributed by atoms with Gasteiger partial charge in [-0.1, -0.05) is 30.3 Å². The van der Waals surface area contributed by atoms with Gasteiger partial charge in [-0.05, 0) is 37.5 Å². The number of benzene rings is 1. The van der Waals surface area contributed by atoms with Gasteiger partial charge in [-0.3, -0.25) is 4.79 Å². The molecule has 0 N–H and O–H groups in total. The minimum Gasteiger partial charge on any atom is -0.339 e. The highest BCUT2D eigenvalue weighted by atomic mass is 16.2. The zero-order valence-corrected chi connectivity index (χ0v) is 15.1. The minimum atomic E-state index is 0.119. The van der Waals surface area contributed by atoms with Gasteiger partial charge >= 0.3 is 0 Å². The highest BCUT2D eigenvalue weighted by Gasteiger charge is 2.27. The van der Waals surface area contributed by atoms with Gasteiger partial charge in [-0.2, -0.15) is 0 Å². The van der Waals surface area contributed by atoms with Crippen LogP contribution in [0.1, 0.15) is 40.8 Å². The summed E-state index contributed by atoms with van der Waals surface area (Å²) < 4.78 is 4.24. The van der Waals surface area contributed by atoms with Crippen molar-refractivity contribution in [3.8, 4) is 0 Å². The van der Waals surface area contributed by atoms with Crippen molar-refractivity contribution in [1.29, 1.82) is 0 Å². The Labute approximate surface area is 153 Å². The molecule has 1 unspecified atom stereocenters. The van der Waals surface area contributed by atoms with Gasteiger partial charge in [0.05, 0.1) is 6.04 Å². The molecule has 0 saturated carbocycles. The number of carbonyl (C=O) groups is 1. The average Bonchev–Trinajstić information content (AvgIpc) is 3.31. The van der Waals surface area contributed by atoms with E-state index < -0.39 is 0 Å². The molecule has 26 heavy (non-hydrogen) atoms. The van der Waals surface area contributed by atoms with Gasteiger partial charge in [0.25, 0.3) is 5.91 Å². The van der Waals surface area contributed by atoms with Crippen molar-refractivity contribution in [3.63, 3.8) is 0 Å². The van der Waals surface area contributed by atoms with E-state index in [0.717, 1.165) is 37.4 Å². The number of nitrogens with zero attached hydrogens (tertiary/aromatic N) is 4. The van der Waals surface area contributed by atoms with Crippen LogP contribution in [-0.4, -0.2) is 38.0 Å². The summed E-state index contributed by atoms with van der Waals surface area (Å²) in [5.41, 5.74) is 1.96. The van der Waals surface area contributed by atoms with Gasteiger partial charge in [0.15, 0.2) is 0 Å². The molecular weight excluding hydrogens is 324 g/mol. The summed E-state index contributed by atoms with van der Waals surface area (Å²) in [6.07, 6.45) is 7.95. The number of amides is 1. The number of aromatic nitrogens is 3. The van der Waals surface area contributed by atoms with Gasteiger partial charge in [-0.25, -0.2) is 4.98 Å². The second kappa shape index (κ2) is 7.20. The second-order valence-electron chi connectivity index (χ2n) is 6.94. The van der Waals surface area contributed by atoms with E-state index in [0.29, 0.717) is 12.6 Å². The normalized spacial score (nSPS) is 17.4. The predicted octanol–water partition coefficient (Wildman–Crippen LogP) is 3.52. The van der Waals surface area contributed by atoms with E-state index in [9.17, 15) is 4.79 Å². The van der Waals surface area contributed by atoms with Crippen LogP contribution in [0.4, 0.5) is 0 Å². The Morgan fingerprint density at radius 2 is 2.00 bits per heavy atom. The van der Waals surface area contributed by atoms with Crippen LogP contribution in [0.15, 0.2) is 61.1 Å². The van der Waals surface area contributed by atoms with Gasteiger partial charge < -0.3 is 14.0 Å². The molecule has 0 spiro atoms. The highest BCUT2D eigenvalue weighted by Crippen LogP contribution is 2.24. The largest absolute Gasteiger partial charge is 0.339 e. The van der Waals surface area contributed by atoms with Crippen LogP contribution in [-0.2, 0) is 6.54 Å². The van der Waals surface area contributed by atoms with E-state index in [1.54, 1.807) is 0 Å². The molecule has 1 aromatic carbocycles. The first-order chi connectivity index (χ1) is 12.7. The number of piperidine rings is 1. The van der Waals surface area contributed by atoms with Crippen LogP contribution in [0.25, 0.3) is 0 Å². The molecule has 3 heterocycles. The van der Waals surface area contributed by atoms with E-state index in [-0.39, 0.29) is 5.91 Å². The van der Waals surface area contributed by atoms with Crippen LogP contribution >= 0.6 is 0 Å². The Morgan fingerprint density at radius 1 is 1.15 bits per heavy atom. The van der Waals surface area contributed by atoms with Crippen LogP contribution in [0, 0.1) is 6.92 Å². The fourth-order valence-electron chi connectivity index (χ4n) is 3.83. The van der Waals surface area contributed by atoms with Gasteiger partial charge in [0.1, 0.15) is 11.5 Å². The average molecular weight is 348 g/mol. The monoisotopic (exact) mass is 348 g/mol. The van der Waals surface area contributed by atoms with Crippen molar-refractivity contribution in [2.45, 2.75) is 32.4 Å². The maximum atomic E-state index is 13.2. The molecule has 5 heteroatoms. The molecule has 1 saturated heterocycles. The Kier molecular flexibility index (Phi) is 4.61. The quantitative estimate of drug-likeness (QED) is 0.724. The SMILES string of the molecule is Cc1nccn1C1CCCN(C(=O)c2cccn2Cc2ccccc2)C1. The van der Waals surface area contributed by atoms with Gasteiger partial charge in [0, 0.05) is 38.2 Å². The fraction of sp³-hybridized carbons (Fsp3) is 0.333. The summed E-state index contributed by atoms with van der Waals surface area (Å²) in [7, 11) is 0. The summed E-state index contributed by atoms with van der Waals surface area (Å²) in [5, 5.41) is 0. The molecule has 5 nitrogen and oxygen atoms in total. The maximum Gasteiger partial charge on any atom is 0.270 e. The van der Waals surface area contributed by atoms with Gasteiger partial charge in [0.2, 0.25) is 0 Å². The van der Waals surface area contributed by atoms with E-state index >= 15 is 0 Å². The van der Waals surface area contributed by atoms with Crippen molar-refractivity contribution in [3.05, 3.63) is 78.1 Å². The molecule has 1 aliphatic rings. The summed E-state index contributed by atoms with van der Waals surface area (Å²) in [6.45, 7) is 4.30. The number of likely N-dealkylation sites (tertiary alicyclic amines) is 1. The van der Waals surface area contributed by atoms with E-state index in [4.69, 9.17) is 0 Å². The first-order valence-corrected chi connectivity index (χ1v) is 9.20. The van der Waals surface area contributed by atoms with E-state index in [1.807, 2.05) is 65.3 Å². The zero-order chi connectivity index (χ0) is 17.9. The van der Waals surface area contributed by atoms with Crippen LogP contribution in [0.5, 0.6) is 0 Å². The lowest BCUT2D eigenvalue weighted by Crippen LogP contribution is -2.41. The third kappa shape index (κ3) is 3.29. The Bertz CT molecular complexity index is 880. The molecule has 0 aliphatic carbocycles. The molecule has 2 aromatic heterocycles. The molecule has 1 fully saturated rings. The third-order valence-electron chi connectivity index (χ3n) is 5.18. The molecule has 1 aliphatic heterocycles. The Hall–Kier alpha value is -2.82. The topological polar surface area (TPSA) is 43.1 Å². The molecular formula is C21H24N4O.